The van der Waals surface area contributed by atoms with Crippen LogP contribution in [0.2, 0.25) is 0 Å². The van der Waals surface area contributed by atoms with E-state index in [2.05, 4.69) is 22.3 Å². The molecule has 6 nitrogen and oxygen atoms in total. The maximum atomic E-state index is 13.1. The number of amides is 1. The highest BCUT2D eigenvalue weighted by atomic mass is 16.5. The number of nitrogens with zero attached hydrogens (tertiary/aromatic N) is 2. The molecule has 1 aromatic heterocycles. The number of likely N-dealkylation sites (tertiary alicyclic amines) is 1. The molecule has 1 amide bonds. The van der Waals surface area contributed by atoms with E-state index >= 15 is 0 Å². The fourth-order valence-electron chi connectivity index (χ4n) is 4.55. The smallest absolute Gasteiger partial charge is 0.253 e. The van der Waals surface area contributed by atoms with Gasteiger partial charge in [0.1, 0.15) is 11.5 Å². The SMILES string of the molecule is COc1ccc(CN2CCC(c3nc(C)ccc3C(=O)NCc3ccccc3OC)CC2)cc1. The molecule has 0 saturated carbocycles. The van der Waals surface area contributed by atoms with Crippen LogP contribution in [0.5, 0.6) is 11.5 Å². The fourth-order valence-corrected chi connectivity index (χ4v) is 4.55. The van der Waals surface area contributed by atoms with E-state index in [4.69, 9.17) is 14.5 Å². The van der Waals surface area contributed by atoms with Gasteiger partial charge >= 0.3 is 0 Å². The molecule has 178 valence electrons. The number of para-hydroxylation sites is 1. The minimum Gasteiger partial charge on any atom is -0.497 e. The van der Waals surface area contributed by atoms with Crippen LogP contribution in [0.4, 0.5) is 0 Å². The van der Waals surface area contributed by atoms with Crippen molar-refractivity contribution in [1.29, 1.82) is 0 Å². The number of aromatic nitrogens is 1. The predicted molar refractivity (Wildman–Crippen MR) is 133 cm³/mol. The lowest BCUT2D eigenvalue weighted by Gasteiger charge is -2.32. The van der Waals surface area contributed by atoms with Gasteiger partial charge in [-0.05, 0) is 68.8 Å². The number of benzene rings is 2. The molecule has 0 unspecified atom stereocenters. The van der Waals surface area contributed by atoms with Crippen molar-refractivity contribution < 1.29 is 14.3 Å². The third kappa shape index (κ3) is 5.75. The van der Waals surface area contributed by atoms with Crippen LogP contribution in [0.3, 0.4) is 0 Å². The zero-order valence-corrected chi connectivity index (χ0v) is 20.2. The molecule has 1 aliphatic heterocycles. The third-order valence-electron chi connectivity index (χ3n) is 6.48. The molecule has 0 atom stereocenters. The molecule has 0 radical (unpaired) electrons. The van der Waals surface area contributed by atoms with Crippen molar-refractivity contribution in [2.45, 2.75) is 38.8 Å². The van der Waals surface area contributed by atoms with E-state index in [1.807, 2.05) is 55.5 Å². The first-order valence-electron chi connectivity index (χ1n) is 11.8. The van der Waals surface area contributed by atoms with Gasteiger partial charge in [-0.1, -0.05) is 30.3 Å². The second-order valence-corrected chi connectivity index (χ2v) is 8.78. The van der Waals surface area contributed by atoms with Gasteiger partial charge in [0.2, 0.25) is 0 Å². The maximum Gasteiger partial charge on any atom is 0.253 e. The van der Waals surface area contributed by atoms with Crippen LogP contribution in [0.15, 0.2) is 60.7 Å². The van der Waals surface area contributed by atoms with Gasteiger partial charge in [-0.3, -0.25) is 14.7 Å². The van der Waals surface area contributed by atoms with E-state index in [0.717, 1.165) is 60.9 Å². The Hall–Kier alpha value is -3.38. The molecule has 3 aromatic rings. The van der Waals surface area contributed by atoms with Crippen molar-refractivity contribution in [1.82, 2.24) is 15.2 Å². The summed E-state index contributed by atoms with van der Waals surface area (Å²) in [6.07, 6.45) is 1.97. The summed E-state index contributed by atoms with van der Waals surface area (Å²) in [7, 11) is 3.33. The molecule has 0 spiro atoms. The number of piperidine rings is 1. The van der Waals surface area contributed by atoms with Gasteiger partial charge in [-0.2, -0.15) is 0 Å². The van der Waals surface area contributed by atoms with Crippen LogP contribution in [0.1, 0.15) is 51.6 Å². The summed E-state index contributed by atoms with van der Waals surface area (Å²) in [4.78, 5) is 20.4. The standard InChI is InChI=1S/C28H33N3O3/c1-20-8-13-25(28(32)29-18-23-6-4-5-7-26(23)34-3)27(30-20)22-14-16-31(17-15-22)19-21-9-11-24(33-2)12-10-21/h4-13,22H,14-19H2,1-3H3,(H,29,32). The van der Waals surface area contributed by atoms with Gasteiger partial charge in [0.25, 0.3) is 5.91 Å². The Morgan fingerprint density at radius 1 is 1.00 bits per heavy atom. The van der Waals surface area contributed by atoms with E-state index in [1.54, 1.807) is 14.2 Å². The minimum absolute atomic E-state index is 0.0888. The Morgan fingerprint density at radius 3 is 2.44 bits per heavy atom. The molecule has 4 rings (SSSR count). The van der Waals surface area contributed by atoms with Crippen molar-refractivity contribution in [2.75, 3.05) is 27.3 Å². The molecule has 1 aliphatic rings. The normalized spacial score (nSPS) is 14.6. The molecule has 1 N–H and O–H groups in total. The topological polar surface area (TPSA) is 63.7 Å². The Balaban J connectivity index is 1.40. The number of hydrogen-bond donors (Lipinski definition) is 1. The van der Waals surface area contributed by atoms with Crippen molar-refractivity contribution in [2.24, 2.45) is 0 Å². The maximum absolute atomic E-state index is 13.1. The van der Waals surface area contributed by atoms with Crippen LogP contribution < -0.4 is 14.8 Å². The van der Waals surface area contributed by atoms with Gasteiger partial charge in [0.05, 0.1) is 25.5 Å². The van der Waals surface area contributed by atoms with Gasteiger partial charge < -0.3 is 14.8 Å². The largest absolute Gasteiger partial charge is 0.497 e. The summed E-state index contributed by atoms with van der Waals surface area (Å²) < 4.78 is 10.7. The number of carbonyl (C=O) groups excluding carboxylic acids is 1. The number of pyridine rings is 1. The van der Waals surface area contributed by atoms with Crippen LogP contribution in [0, 0.1) is 6.92 Å². The molecule has 1 fully saturated rings. The average molecular weight is 460 g/mol. The number of rotatable bonds is 8. The third-order valence-corrected chi connectivity index (χ3v) is 6.48. The van der Waals surface area contributed by atoms with Crippen molar-refractivity contribution in [3.05, 3.63) is 88.7 Å². The number of aryl methyl sites for hydroxylation is 1. The van der Waals surface area contributed by atoms with Crippen LogP contribution >= 0.6 is 0 Å². The van der Waals surface area contributed by atoms with Crippen LogP contribution in [0.25, 0.3) is 0 Å². The molecule has 2 aromatic carbocycles. The molecular weight excluding hydrogens is 426 g/mol. The van der Waals surface area contributed by atoms with Crippen molar-refractivity contribution in [3.8, 4) is 11.5 Å². The van der Waals surface area contributed by atoms with Crippen LogP contribution in [-0.4, -0.2) is 43.1 Å². The van der Waals surface area contributed by atoms with Gasteiger partial charge in [0, 0.05) is 30.3 Å². The summed E-state index contributed by atoms with van der Waals surface area (Å²) in [5.41, 5.74) is 4.77. The first kappa shape index (κ1) is 23.8. The molecule has 1 saturated heterocycles. The Bertz CT molecular complexity index is 1110. The molecule has 0 aliphatic carbocycles. The Morgan fingerprint density at radius 2 is 1.74 bits per heavy atom. The second kappa shape index (κ2) is 11.2. The summed E-state index contributed by atoms with van der Waals surface area (Å²) in [5, 5.41) is 3.06. The number of carbonyl (C=O) groups is 1. The first-order chi connectivity index (χ1) is 16.6. The van der Waals surface area contributed by atoms with E-state index in [1.165, 1.54) is 5.56 Å². The van der Waals surface area contributed by atoms with E-state index in [-0.39, 0.29) is 11.8 Å². The number of hydrogen-bond acceptors (Lipinski definition) is 5. The minimum atomic E-state index is -0.0888. The molecular formula is C28H33N3O3. The Labute approximate surface area is 201 Å². The van der Waals surface area contributed by atoms with E-state index in [0.29, 0.717) is 12.1 Å². The lowest BCUT2D eigenvalue weighted by Crippen LogP contribution is -2.34. The highest BCUT2D eigenvalue weighted by Crippen LogP contribution is 2.30. The zero-order chi connectivity index (χ0) is 23.9. The quantitative estimate of drug-likeness (QED) is 0.528. The highest BCUT2D eigenvalue weighted by Gasteiger charge is 2.26. The van der Waals surface area contributed by atoms with Gasteiger partial charge in [0.15, 0.2) is 0 Å². The summed E-state index contributed by atoms with van der Waals surface area (Å²) in [5.74, 6) is 1.84. The van der Waals surface area contributed by atoms with Crippen molar-refractivity contribution >= 4 is 5.91 Å². The lowest BCUT2D eigenvalue weighted by molar-refractivity contribution is 0.0947. The number of ether oxygens (including phenoxy) is 2. The van der Waals surface area contributed by atoms with Gasteiger partial charge in [-0.25, -0.2) is 0 Å². The number of methoxy groups -OCH3 is 2. The lowest BCUT2D eigenvalue weighted by atomic mass is 9.89. The van der Waals surface area contributed by atoms with E-state index < -0.39 is 0 Å². The fraction of sp³-hybridized carbons (Fsp3) is 0.357. The average Bonchev–Trinajstić information content (AvgIpc) is 2.88. The predicted octanol–water partition coefficient (Wildman–Crippen LogP) is 4.72. The zero-order valence-electron chi connectivity index (χ0n) is 20.2. The molecule has 0 bridgehead atoms. The Kier molecular flexibility index (Phi) is 7.80. The summed E-state index contributed by atoms with van der Waals surface area (Å²) in [6.45, 7) is 5.28. The molecule has 2 heterocycles. The summed E-state index contributed by atoms with van der Waals surface area (Å²) >= 11 is 0. The summed E-state index contributed by atoms with van der Waals surface area (Å²) in [6, 6.07) is 19.8. The molecule has 34 heavy (non-hydrogen) atoms. The second-order valence-electron chi connectivity index (χ2n) is 8.78. The van der Waals surface area contributed by atoms with E-state index in [9.17, 15) is 4.79 Å². The van der Waals surface area contributed by atoms with Gasteiger partial charge in [-0.15, -0.1) is 0 Å². The first-order valence-corrected chi connectivity index (χ1v) is 11.8. The monoisotopic (exact) mass is 459 g/mol. The highest BCUT2D eigenvalue weighted by molar-refractivity contribution is 5.95. The number of nitrogens with one attached hydrogen (secondary N) is 1. The van der Waals surface area contributed by atoms with Crippen molar-refractivity contribution in [3.63, 3.8) is 0 Å². The van der Waals surface area contributed by atoms with Crippen LogP contribution in [-0.2, 0) is 13.1 Å². The molecule has 6 heteroatoms.